The Morgan fingerprint density at radius 2 is 2.00 bits per heavy atom. The van der Waals surface area contributed by atoms with Gasteiger partial charge in [0.05, 0.1) is 17.1 Å². The fourth-order valence-corrected chi connectivity index (χ4v) is 3.62. The molecule has 0 bridgehead atoms. The molecule has 6 nitrogen and oxygen atoms in total. The molecule has 2 aromatic heterocycles. The molecular formula is C20H19N3O3. The number of aliphatic hydroxyl groups excluding tert-OH is 1. The van der Waals surface area contributed by atoms with E-state index in [-0.39, 0.29) is 5.91 Å². The Balaban J connectivity index is 1.68. The third kappa shape index (κ3) is 2.57. The van der Waals surface area contributed by atoms with Crippen molar-refractivity contribution in [2.75, 3.05) is 13.1 Å². The van der Waals surface area contributed by atoms with Gasteiger partial charge in [0.1, 0.15) is 5.69 Å². The highest BCUT2D eigenvalue weighted by Crippen LogP contribution is 2.41. The first-order chi connectivity index (χ1) is 12.7. The smallest absolute Gasteiger partial charge is 0.259 e. The molecule has 2 fully saturated rings. The molecule has 1 aliphatic carbocycles. The summed E-state index contributed by atoms with van der Waals surface area (Å²) in [5, 5.41) is 14.7. The summed E-state index contributed by atoms with van der Waals surface area (Å²) in [6.45, 7) is 0.932. The van der Waals surface area contributed by atoms with Gasteiger partial charge in [0.25, 0.3) is 11.6 Å². The number of rotatable bonds is 3. The van der Waals surface area contributed by atoms with Crippen LogP contribution in [-0.2, 0) is 0 Å². The molecule has 6 heteroatoms. The monoisotopic (exact) mass is 349 g/mol. The van der Waals surface area contributed by atoms with Crippen molar-refractivity contribution in [1.29, 1.82) is 0 Å². The van der Waals surface area contributed by atoms with Crippen LogP contribution < -0.4 is 0 Å². The molecule has 3 heterocycles. The second kappa shape index (κ2) is 5.92. The Morgan fingerprint density at radius 1 is 1.19 bits per heavy atom. The zero-order valence-electron chi connectivity index (χ0n) is 14.3. The van der Waals surface area contributed by atoms with Crippen LogP contribution in [-0.4, -0.2) is 45.2 Å². The van der Waals surface area contributed by atoms with E-state index in [0.29, 0.717) is 47.8 Å². The number of benzene rings is 1. The molecule has 1 saturated heterocycles. The fourth-order valence-electron chi connectivity index (χ4n) is 3.62. The molecule has 1 amide bonds. The number of likely N-dealkylation sites (tertiary alicyclic amines) is 1. The Morgan fingerprint density at radius 3 is 2.69 bits per heavy atom. The number of β-amino-alcohol motifs (C(OH)–C–C–N with tert-alkyl or cyclic N) is 1. The third-order valence-electron chi connectivity index (χ3n) is 5.19. The summed E-state index contributed by atoms with van der Waals surface area (Å²) in [5.74, 6) is 0.316. The van der Waals surface area contributed by atoms with Crippen LogP contribution in [0.5, 0.6) is 0 Å². The second-order valence-corrected chi connectivity index (χ2v) is 7.14. The second-order valence-electron chi connectivity index (χ2n) is 7.14. The number of pyridine rings is 1. The standard InChI is InChI=1S/C20H19N3O3/c24-14-8-9-23(11-14)20(25)15-10-16(12-6-7-12)21-19-17(15)18(22-26-19)13-4-2-1-3-5-13/h1-5,10,12,14,24H,6-9,11H2/t14-/m0/s1. The van der Waals surface area contributed by atoms with Crippen molar-refractivity contribution < 1.29 is 14.4 Å². The first kappa shape index (κ1) is 15.5. The van der Waals surface area contributed by atoms with Crippen LogP contribution in [0.2, 0.25) is 0 Å². The molecule has 0 unspecified atom stereocenters. The lowest BCUT2D eigenvalue weighted by molar-refractivity contribution is 0.0766. The molecule has 132 valence electrons. The number of amides is 1. The van der Waals surface area contributed by atoms with E-state index in [2.05, 4.69) is 10.1 Å². The van der Waals surface area contributed by atoms with Crippen LogP contribution in [0.4, 0.5) is 0 Å². The molecule has 5 rings (SSSR count). The Bertz CT molecular complexity index is 979. The number of hydrogen-bond donors (Lipinski definition) is 1. The number of carbonyl (C=O) groups excluding carboxylic acids is 1. The maximum atomic E-state index is 13.2. The van der Waals surface area contributed by atoms with Crippen LogP contribution in [0.25, 0.3) is 22.4 Å². The lowest BCUT2D eigenvalue weighted by Crippen LogP contribution is -2.29. The summed E-state index contributed by atoms with van der Waals surface area (Å²) in [5.41, 5.74) is 3.42. The lowest BCUT2D eigenvalue weighted by atomic mass is 10.0. The number of nitrogens with zero attached hydrogens (tertiary/aromatic N) is 3. The van der Waals surface area contributed by atoms with Crippen molar-refractivity contribution in [3.63, 3.8) is 0 Å². The molecule has 0 radical (unpaired) electrons. The molecule has 1 aromatic carbocycles. The maximum absolute atomic E-state index is 13.2. The Kier molecular flexibility index (Phi) is 3.53. The van der Waals surface area contributed by atoms with E-state index in [4.69, 9.17) is 4.52 Å². The molecule has 1 aliphatic heterocycles. The molecule has 2 aliphatic rings. The third-order valence-corrected chi connectivity index (χ3v) is 5.19. The Labute approximate surface area is 150 Å². The van der Waals surface area contributed by atoms with E-state index in [1.807, 2.05) is 36.4 Å². The zero-order valence-corrected chi connectivity index (χ0v) is 14.3. The largest absolute Gasteiger partial charge is 0.391 e. The first-order valence-electron chi connectivity index (χ1n) is 9.04. The van der Waals surface area contributed by atoms with Crippen LogP contribution in [0, 0.1) is 0 Å². The number of aromatic nitrogens is 2. The van der Waals surface area contributed by atoms with Crippen molar-refractivity contribution in [2.45, 2.75) is 31.3 Å². The number of fused-ring (bicyclic) bond motifs is 1. The molecule has 26 heavy (non-hydrogen) atoms. The number of hydrogen-bond acceptors (Lipinski definition) is 5. The van der Waals surface area contributed by atoms with Gasteiger partial charge in [-0.15, -0.1) is 0 Å². The van der Waals surface area contributed by atoms with Gasteiger partial charge in [-0.1, -0.05) is 35.5 Å². The van der Waals surface area contributed by atoms with Crippen LogP contribution >= 0.6 is 0 Å². The van der Waals surface area contributed by atoms with Gasteiger partial charge in [0.15, 0.2) is 0 Å². The van der Waals surface area contributed by atoms with Gasteiger partial charge in [0.2, 0.25) is 0 Å². The summed E-state index contributed by atoms with van der Waals surface area (Å²) >= 11 is 0. The van der Waals surface area contributed by atoms with E-state index >= 15 is 0 Å². The van der Waals surface area contributed by atoms with E-state index in [1.165, 1.54) is 0 Å². The van der Waals surface area contributed by atoms with Crippen molar-refractivity contribution >= 4 is 17.0 Å². The summed E-state index contributed by atoms with van der Waals surface area (Å²) in [4.78, 5) is 19.5. The zero-order chi connectivity index (χ0) is 17.7. The van der Waals surface area contributed by atoms with Crippen molar-refractivity contribution in [1.82, 2.24) is 15.0 Å². The highest BCUT2D eigenvalue weighted by molar-refractivity contribution is 6.09. The van der Waals surface area contributed by atoms with Gasteiger partial charge >= 0.3 is 0 Å². The van der Waals surface area contributed by atoms with Crippen molar-refractivity contribution in [3.05, 3.63) is 47.7 Å². The van der Waals surface area contributed by atoms with E-state index in [0.717, 1.165) is 24.1 Å². The van der Waals surface area contributed by atoms with Crippen LogP contribution in [0.3, 0.4) is 0 Å². The molecule has 1 N–H and O–H groups in total. The van der Waals surface area contributed by atoms with Gasteiger partial charge in [-0.05, 0) is 25.3 Å². The Hall–Kier alpha value is -2.73. The van der Waals surface area contributed by atoms with Crippen LogP contribution in [0.15, 0.2) is 40.9 Å². The quantitative estimate of drug-likeness (QED) is 0.786. The minimum Gasteiger partial charge on any atom is -0.391 e. The summed E-state index contributed by atoms with van der Waals surface area (Å²) < 4.78 is 5.52. The van der Waals surface area contributed by atoms with Gasteiger partial charge in [-0.3, -0.25) is 4.79 Å². The summed E-state index contributed by atoms with van der Waals surface area (Å²) in [7, 11) is 0. The van der Waals surface area contributed by atoms with Crippen molar-refractivity contribution in [2.24, 2.45) is 0 Å². The van der Waals surface area contributed by atoms with Crippen LogP contribution in [0.1, 0.15) is 41.2 Å². The predicted octanol–water partition coefficient (Wildman–Crippen LogP) is 2.97. The first-order valence-corrected chi connectivity index (χ1v) is 9.04. The average molecular weight is 349 g/mol. The predicted molar refractivity (Wildman–Crippen MR) is 95.7 cm³/mol. The SMILES string of the molecule is O=C(c1cc(C2CC2)nc2onc(-c3ccccc3)c12)N1CC[C@H](O)C1. The molecule has 3 aromatic rings. The summed E-state index contributed by atoms with van der Waals surface area (Å²) in [6, 6.07) is 11.6. The maximum Gasteiger partial charge on any atom is 0.259 e. The van der Waals surface area contributed by atoms with Gasteiger partial charge < -0.3 is 14.5 Å². The summed E-state index contributed by atoms with van der Waals surface area (Å²) in [6.07, 6.45) is 2.35. The topological polar surface area (TPSA) is 79.5 Å². The van der Waals surface area contributed by atoms with Crippen molar-refractivity contribution in [3.8, 4) is 11.3 Å². The van der Waals surface area contributed by atoms with Gasteiger partial charge in [-0.2, -0.15) is 0 Å². The molecular weight excluding hydrogens is 330 g/mol. The van der Waals surface area contributed by atoms with E-state index in [9.17, 15) is 9.90 Å². The van der Waals surface area contributed by atoms with E-state index in [1.54, 1.807) is 4.90 Å². The minimum atomic E-state index is -0.449. The molecule has 1 atom stereocenters. The minimum absolute atomic E-state index is 0.0868. The fraction of sp³-hybridized carbons (Fsp3) is 0.350. The molecule has 0 spiro atoms. The van der Waals surface area contributed by atoms with E-state index < -0.39 is 6.10 Å². The van der Waals surface area contributed by atoms with Gasteiger partial charge in [-0.25, -0.2) is 4.98 Å². The molecule has 1 saturated carbocycles. The normalized spacial score (nSPS) is 20.0. The highest BCUT2D eigenvalue weighted by atomic mass is 16.5. The number of carbonyl (C=O) groups is 1. The van der Waals surface area contributed by atoms with Gasteiger partial charge in [0, 0.05) is 30.3 Å². The average Bonchev–Trinajstić information content (AvgIpc) is 3.29. The lowest BCUT2D eigenvalue weighted by Gasteiger charge is -2.16. The number of aliphatic hydroxyl groups is 1. The highest BCUT2D eigenvalue weighted by Gasteiger charge is 2.32.